The minimum absolute atomic E-state index is 0.217. The Labute approximate surface area is 142 Å². The number of nitrogens with zero attached hydrogens (tertiary/aromatic N) is 2. The Balaban J connectivity index is 2.14. The first kappa shape index (κ1) is 18.2. The predicted molar refractivity (Wildman–Crippen MR) is 93.5 cm³/mol. The van der Waals surface area contributed by atoms with Crippen molar-refractivity contribution < 1.29 is 14.3 Å². The first-order chi connectivity index (χ1) is 11.5. The van der Waals surface area contributed by atoms with Crippen LogP contribution in [0.25, 0.3) is 6.08 Å². The molecule has 2 rings (SSSR count). The van der Waals surface area contributed by atoms with Gasteiger partial charge in [0.2, 0.25) is 5.95 Å². The van der Waals surface area contributed by atoms with Gasteiger partial charge in [-0.2, -0.15) is 4.98 Å². The standard InChI is InChI=1S/C17H26N4O3/c1-4-24-15(22)10-9-14-11(2)19-17(18)21-16(14)20-12-5-7-13(23-3)8-6-12/h9-10,12-13H,4-8H2,1-3H3,(H3,18,19,20,21). The summed E-state index contributed by atoms with van der Waals surface area (Å²) in [5.74, 6) is 0.482. The van der Waals surface area contributed by atoms with Crippen molar-refractivity contribution in [2.24, 2.45) is 0 Å². The first-order valence-electron chi connectivity index (χ1n) is 8.31. The number of esters is 1. The third-order valence-electron chi connectivity index (χ3n) is 4.17. The molecule has 0 amide bonds. The molecule has 0 aromatic carbocycles. The van der Waals surface area contributed by atoms with Crippen LogP contribution in [0.4, 0.5) is 11.8 Å². The van der Waals surface area contributed by atoms with Crippen LogP contribution in [-0.2, 0) is 14.3 Å². The molecule has 0 radical (unpaired) electrons. The van der Waals surface area contributed by atoms with E-state index in [-0.39, 0.29) is 11.9 Å². The summed E-state index contributed by atoms with van der Waals surface area (Å²) in [5.41, 5.74) is 7.26. The molecule has 3 N–H and O–H groups in total. The van der Waals surface area contributed by atoms with Crippen LogP contribution in [0, 0.1) is 6.92 Å². The summed E-state index contributed by atoms with van der Waals surface area (Å²) >= 11 is 0. The molecule has 24 heavy (non-hydrogen) atoms. The molecule has 0 saturated heterocycles. The summed E-state index contributed by atoms with van der Waals surface area (Å²) in [6.45, 7) is 3.96. The van der Waals surface area contributed by atoms with Gasteiger partial charge in [-0.25, -0.2) is 9.78 Å². The number of rotatable bonds is 6. The number of aryl methyl sites for hydroxylation is 1. The fourth-order valence-corrected chi connectivity index (χ4v) is 2.89. The average molecular weight is 334 g/mol. The topological polar surface area (TPSA) is 99.4 Å². The molecule has 1 aromatic heterocycles. The molecule has 1 saturated carbocycles. The zero-order valence-electron chi connectivity index (χ0n) is 14.5. The minimum Gasteiger partial charge on any atom is -0.463 e. The average Bonchev–Trinajstić information content (AvgIpc) is 2.55. The molecular formula is C17H26N4O3. The van der Waals surface area contributed by atoms with Crippen molar-refractivity contribution in [3.8, 4) is 0 Å². The van der Waals surface area contributed by atoms with E-state index in [0.29, 0.717) is 24.6 Å². The maximum atomic E-state index is 11.6. The van der Waals surface area contributed by atoms with Crippen LogP contribution in [0.5, 0.6) is 0 Å². The van der Waals surface area contributed by atoms with Crippen LogP contribution in [0.3, 0.4) is 0 Å². The van der Waals surface area contributed by atoms with Gasteiger partial charge in [-0.3, -0.25) is 0 Å². The second-order valence-electron chi connectivity index (χ2n) is 5.87. The van der Waals surface area contributed by atoms with Crippen molar-refractivity contribution in [3.05, 3.63) is 17.3 Å². The first-order valence-corrected chi connectivity index (χ1v) is 8.31. The van der Waals surface area contributed by atoms with Crippen molar-refractivity contribution in [1.29, 1.82) is 0 Å². The minimum atomic E-state index is -0.389. The maximum Gasteiger partial charge on any atom is 0.330 e. The van der Waals surface area contributed by atoms with Crippen LogP contribution in [0.2, 0.25) is 0 Å². The lowest BCUT2D eigenvalue weighted by Gasteiger charge is -2.29. The number of hydrogen-bond donors (Lipinski definition) is 2. The third-order valence-corrected chi connectivity index (χ3v) is 4.17. The van der Waals surface area contributed by atoms with Gasteiger partial charge in [0.05, 0.1) is 18.4 Å². The molecular weight excluding hydrogens is 308 g/mol. The van der Waals surface area contributed by atoms with Crippen LogP contribution < -0.4 is 11.1 Å². The highest BCUT2D eigenvalue weighted by atomic mass is 16.5. The molecule has 1 heterocycles. The van der Waals surface area contributed by atoms with Crippen molar-refractivity contribution in [2.45, 2.75) is 51.7 Å². The number of ether oxygens (including phenoxy) is 2. The molecule has 1 fully saturated rings. The maximum absolute atomic E-state index is 11.6. The molecule has 0 spiro atoms. The number of anilines is 2. The van der Waals surface area contributed by atoms with E-state index in [1.54, 1.807) is 20.1 Å². The van der Waals surface area contributed by atoms with E-state index in [1.807, 2.05) is 6.92 Å². The van der Waals surface area contributed by atoms with E-state index >= 15 is 0 Å². The molecule has 132 valence electrons. The zero-order valence-corrected chi connectivity index (χ0v) is 14.5. The summed E-state index contributed by atoms with van der Waals surface area (Å²) in [4.78, 5) is 20.0. The van der Waals surface area contributed by atoms with Gasteiger partial charge in [0.25, 0.3) is 0 Å². The lowest BCUT2D eigenvalue weighted by molar-refractivity contribution is -0.137. The van der Waals surface area contributed by atoms with Gasteiger partial charge in [-0.05, 0) is 45.6 Å². The van der Waals surface area contributed by atoms with Gasteiger partial charge in [0, 0.05) is 24.8 Å². The summed E-state index contributed by atoms with van der Waals surface area (Å²) in [6, 6.07) is 0.305. The summed E-state index contributed by atoms with van der Waals surface area (Å²) < 4.78 is 10.3. The number of nitrogens with two attached hydrogens (primary N) is 1. The number of carbonyl (C=O) groups excluding carboxylic acids is 1. The van der Waals surface area contributed by atoms with Crippen LogP contribution in [0.15, 0.2) is 6.08 Å². The number of nitrogen functional groups attached to an aromatic ring is 1. The van der Waals surface area contributed by atoms with Gasteiger partial charge >= 0.3 is 5.97 Å². The molecule has 1 aliphatic rings. The Morgan fingerprint density at radius 3 is 2.67 bits per heavy atom. The van der Waals surface area contributed by atoms with Gasteiger partial charge in [-0.1, -0.05) is 0 Å². The summed E-state index contributed by atoms with van der Waals surface area (Å²) in [5, 5.41) is 3.44. The normalized spacial score (nSPS) is 21.0. The van der Waals surface area contributed by atoms with Crippen LogP contribution >= 0.6 is 0 Å². The lowest BCUT2D eigenvalue weighted by Crippen LogP contribution is -2.30. The van der Waals surface area contributed by atoms with E-state index < -0.39 is 0 Å². The molecule has 0 aliphatic heterocycles. The Kier molecular flexibility index (Phi) is 6.54. The van der Waals surface area contributed by atoms with Gasteiger partial charge in [-0.15, -0.1) is 0 Å². The summed E-state index contributed by atoms with van der Waals surface area (Å²) in [7, 11) is 1.76. The number of nitrogens with one attached hydrogen (secondary N) is 1. The van der Waals surface area contributed by atoms with Gasteiger partial charge in [0.1, 0.15) is 5.82 Å². The van der Waals surface area contributed by atoms with E-state index in [1.165, 1.54) is 6.08 Å². The number of carbonyl (C=O) groups is 1. The molecule has 1 aromatic rings. The Morgan fingerprint density at radius 1 is 1.33 bits per heavy atom. The Bertz CT molecular complexity index is 596. The molecule has 1 aliphatic carbocycles. The van der Waals surface area contributed by atoms with E-state index in [2.05, 4.69) is 15.3 Å². The molecule has 0 atom stereocenters. The highest BCUT2D eigenvalue weighted by Crippen LogP contribution is 2.26. The van der Waals surface area contributed by atoms with Crippen LogP contribution in [-0.4, -0.2) is 41.8 Å². The van der Waals surface area contributed by atoms with Crippen molar-refractivity contribution in [1.82, 2.24) is 9.97 Å². The van der Waals surface area contributed by atoms with E-state index in [0.717, 1.165) is 36.9 Å². The SMILES string of the molecule is CCOC(=O)C=Cc1c(C)nc(N)nc1NC1CCC(OC)CC1. The van der Waals surface area contributed by atoms with Gasteiger partial charge < -0.3 is 20.5 Å². The Hall–Kier alpha value is -2.15. The molecule has 7 nitrogen and oxygen atoms in total. The smallest absolute Gasteiger partial charge is 0.330 e. The number of aromatic nitrogens is 2. The fraction of sp³-hybridized carbons (Fsp3) is 0.588. The van der Waals surface area contributed by atoms with E-state index in [9.17, 15) is 4.79 Å². The van der Waals surface area contributed by atoms with E-state index in [4.69, 9.17) is 15.2 Å². The van der Waals surface area contributed by atoms with Crippen LogP contribution in [0.1, 0.15) is 43.9 Å². The number of methoxy groups -OCH3 is 1. The van der Waals surface area contributed by atoms with Gasteiger partial charge in [0.15, 0.2) is 0 Å². The zero-order chi connectivity index (χ0) is 17.5. The fourth-order valence-electron chi connectivity index (χ4n) is 2.89. The predicted octanol–water partition coefficient (Wildman–Crippen LogP) is 2.31. The van der Waals surface area contributed by atoms with Crippen molar-refractivity contribution in [3.63, 3.8) is 0 Å². The lowest BCUT2D eigenvalue weighted by atomic mass is 9.93. The van der Waals surface area contributed by atoms with Crippen molar-refractivity contribution in [2.75, 3.05) is 24.8 Å². The highest BCUT2D eigenvalue weighted by Gasteiger charge is 2.22. The quantitative estimate of drug-likeness (QED) is 0.608. The third kappa shape index (κ3) is 4.92. The molecule has 0 unspecified atom stereocenters. The number of hydrogen-bond acceptors (Lipinski definition) is 7. The second kappa shape index (κ2) is 8.63. The molecule has 0 bridgehead atoms. The monoisotopic (exact) mass is 334 g/mol. The highest BCUT2D eigenvalue weighted by molar-refractivity contribution is 5.88. The largest absolute Gasteiger partial charge is 0.463 e. The molecule has 7 heteroatoms. The van der Waals surface area contributed by atoms with Crippen molar-refractivity contribution >= 4 is 23.8 Å². The Morgan fingerprint density at radius 2 is 2.04 bits per heavy atom. The summed E-state index contributed by atoms with van der Waals surface area (Å²) in [6.07, 6.45) is 7.44. The second-order valence-corrected chi connectivity index (χ2v) is 5.87.